The molecule has 6 heteroatoms. The van der Waals surface area contributed by atoms with Crippen molar-refractivity contribution in [3.05, 3.63) is 42.0 Å². The quantitative estimate of drug-likeness (QED) is 0.873. The van der Waals surface area contributed by atoms with E-state index in [1.54, 1.807) is 4.68 Å². The normalized spacial score (nSPS) is 12.6. The van der Waals surface area contributed by atoms with Crippen molar-refractivity contribution in [2.75, 3.05) is 0 Å². The predicted molar refractivity (Wildman–Crippen MR) is 63.2 cm³/mol. The third-order valence-corrected chi connectivity index (χ3v) is 2.67. The predicted octanol–water partition coefficient (Wildman–Crippen LogP) is 1.50. The summed E-state index contributed by atoms with van der Waals surface area (Å²) in [4.78, 5) is 7.74. The molecule has 2 aromatic heterocycles. The van der Waals surface area contributed by atoms with E-state index < -0.39 is 11.9 Å². The molecule has 2 aromatic rings. The highest BCUT2D eigenvalue weighted by molar-refractivity contribution is 5.16. The van der Waals surface area contributed by atoms with Crippen molar-refractivity contribution in [2.24, 2.45) is 0 Å². The maximum Gasteiger partial charge on any atom is 0.147 e. The van der Waals surface area contributed by atoms with Crippen LogP contribution in [0.4, 0.5) is 4.39 Å². The van der Waals surface area contributed by atoms with E-state index in [0.717, 1.165) is 19.2 Å². The second kappa shape index (κ2) is 5.68. The van der Waals surface area contributed by atoms with Gasteiger partial charge in [0, 0.05) is 24.7 Å². The summed E-state index contributed by atoms with van der Waals surface area (Å²) in [5.41, 5.74) is 0.232. The monoisotopic (exact) mass is 250 g/mol. The number of hydrogen-bond acceptors (Lipinski definition) is 4. The molecule has 0 amide bonds. The molecule has 5 nitrogen and oxygen atoms in total. The Hall–Kier alpha value is -1.82. The van der Waals surface area contributed by atoms with Crippen LogP contribution < -0.4 is 0 Å². The van der Waals surface area contributed by atoms with Crippen molar-refractivity contribution in [1.82, 2.24) is 19.7 Å². The van der Waals surface area contributed by atoms with Crippen molar-refractivity contribution in [3.63, 3.8) is 0 Å². The summed E-state index contributed by atoms with van der Waals surface area (Å²) < 4.78 is 15.2. The molecule has 0 radical (unpaired) electrons. The molecule has 0 saturated carbocycles. The van der Waals surface area contributed by atoms with Crippen LogP contribution in [-0.4, -0.2) is 24.9 Å². The van der Waals surface area contributed by atoms with Crippen molar-refractivity contribution in [2.45, 2.75) is 32.4 Å². The van der Waals surface area contributed by atoms with E-state index in [2.05, 4.69) is 15.1 Å². The lowest BCUT2D eigenvalue weighted by molar-refractivity contribution is 0.169. The van der Waals surface area contributed by atoms with Crippen molar-refractivity contribution in [1.29, 1.82) is 0 Å². The van der Waals surface area contributed by atoms with E-state index in [1.165, 1.54) is 18.6 Å². The Morgan fingerprint density at radius 1 is 1.50 bits per heavy atom. The zero-order valence-electron chi connectivity index (χ0n) is 10.1. The van der Waals surface area contributed by atoms with Gasteiger partial charge in [-0.25, -0.2) is 9.37 Å². The first-order valence-corrected chi connectivity index (χ1v) is 5.86. The fourth-order valence-corrected chi connectivity index (χ4v) is 1.78. The first-order chi connectivity index (χ1) is 8.72. The number of nitrogens with zero attached hydrogens (tertiary/aromatic N) is 4. The maximum atomic E-state index is 13.5. The number of halogens is 1. The fraction of sp³-hybridized carbons (Fsp3) is 0.417. The van der Waals surface area contributed by atoms with Gasteiger partial charge in [-0.2, -0.15) is 5.10 Å². The molecule has 18 heavy (non-hydrogen) atoms. The highest BCUT2D eigenvalue weighted by atomic mass is 19.1. The van der Waals surface area contributed by atoms with Crippen molar-refractivity contribution in [3.8, 4) is 0 Å². The number of rotatable bonds is 5. The summed E-state index contributed by atoms with van der Waals surface area (Å²) in [6.07, 6.45) is 4.22. The van der Waals surface area contributed by atoms with Crippen LogP contribution in [0.2, 0.25) is 0 Å². The van der Waals surface area contributed by atoms with E-state index >= 15 is 0 Å². The molecule has 0 aromatic carbocycles. The van der Waals surface area contributed by atoms with Gasteiger partial charge in [0.25, 0.3) is 0 Å². The van der Waals surface area contributed by atoms with E-state index in [-0.39, 0.29) is 12.0 Å². The van der Waals surface area contributed by atoms with Gasteiger partial charge in [-0.15, -0.1) is 0 Å². The summed E-state index contributed by atoms with van der Waals surface area (Å²) in [6.45, 7) is 2.77. The number of hydrogen-bond donors (Lipinski definition) is 1. The second-order valence-corrected chi connectivity index (χ2v) is 4.02. The number of aliphatic hydroxyl groups is 1. The molecule has 0 aliphatic heterocycles. The van der Waals surface area contributed by atoms with Gasteiger partial charge in [-0.3, -0.25) is 9.67 Å². The number of aromatic nitrogens is 4. The Kier molecular flexibility index (Phi) is 3.99. The van der Waals surface area contributed by atoms with Gasteiger partial charge in [0.05, 0.1) is 12.3 Å². The lowest BCUT2D eigenvalue weighted by Crippen LogP contribution is -2.11. The van der Waals surface area contributed by atoms with Crippen LogP contribution in [0.25, 0.3) is 0 Å². The molecule has 1 unspecified atom stereocenters. The van der Waals surface area contributed by atoms with Crippen molar-refractivity contribution >= 4 is 0 Å². The van der Waals surface area contributed by atoms with Crippen LogP contribution in [-0.2, 0) is 13.0 Å². The Morgan fingerprint density at radius 2 is 2.33 bits per heavy atom. The molecule has 1 N–H and O–H groups in total. The number of pyridine rings is 1. The standard InChI is InChI=1S/C12H15FN4O/c1-2-5-17-12(15-8-16-17)6-11(18)9-3-4-14-7-10(9)13/h3-4,7-8,11,18H,2,5-6H2,1H3. The van der Waals surface area contributed by atoms with Gasteiger partial charge in [0.1, 0.15) is 18.0 Å². The SMILES string of the molecule is CCCn1ncnc1CC(O)c1ccncc1F. The van der Waals surface area contributed by atoms with Gasteiger partial charge < -0.3 is 5.11 Å². The summed E-state index contributed by atoms with van der Waals surface area (Å²) in [7, 11) is 0. The lowest BCUT2D eigenvalue weighted by atomic mass is 10.1. The van der Waals surface area contributed by atoms with Crippen LogP contribution in [0.5, 0.6) is 0 Å². The average molecular weight is 250 g/mol. The Balaban J connectivity index is 2.14. The smallest absolute Gasteiger partial charge is 0.147 e. The molecule has 1 atom stereocenters. The third-order valence-electron chi connectivity index (χ3n) is 2.67. The minimum atomic E-state index is -0.937. The Labute approximate surface area is 104 Å². The Morgan fingerprint density at radius 3 is 3.06 bits per heavy atom. The first-order valence-electron chi connectivity index (χ1n) is 5.86. The first kappa shape index (κ1) is 12.6. The highest BCUT2D eigenvalue weighted by Crippen LogP contribution is 2.19. The van der Waals surface area contributed by atoms with E-state index in [0.29, 0.717) is 5.82 Å². The van der Waals surface area contributed by atoms with Gasteiger partial charge in [0.15, 0.2) is 0 Å². The van der Waals surface area contributed by atoms with Crippen LogP contribution in [0, 0.1) is 5.82 Å². The zero-order valence-corrected chi connectivity index (χ0v) is 10.1. The summed E-state index contributed by atoms with van der Waals surface area (Å²) in [5.74, 6) is 0.145. The lowest BCUT2D eigenvalue weighted by Gasteiger charge is -2.11. The second-order valence-electron chi connectivity index (χ2n) is 4.02. The molecular weight excluding hydrogens is 235 g/mol. The average Bonchev–Trinajstić information content (AvgIpc) is 2.78. The van der Waals surface area contributed by atoms with Crippen LogP contribution in [0.15, 0.2) is 24.8 Å². The molecule has 2 heterocycles. The van der Waals surface area contributed by atoms with E-state index in [1.807, 2.05) is 6.92 Å². The molecule has 0 fully saturated rings. The molecule has 2 rings (SSSR count). The van der Waals surface area contributed by atoms with Crippen molar-refractivity contribution < 1.29 is 9.50 Å². The number of aliphatic hydroxyl groups excluding tert-OH is 1. The Bertz CT molecular complexity index is 514. The zero-order chi connectivity index (χ0) is 13.0. The highest BCUT2D eigenvalue weighted by Gasteiger charge is 2.16. The molecule has 0 spiro atoms. The molecule has 0 aliphatic rings. The molecular formula is C12H15FN4O. The minimum Gasteiger partial charge on any atom is -0.388 e. The van der Waals surface area contributed by atoms with Gasteiger partial charge in [-0.05, 0) is 12.5 Å². The van der Waals surface area contributed by atoms with Gasteiger partial charge in [-0.1, -0.05) is 6.92 Å². The van der Waals surface area contributed by atoms with Crippen LogP contribution in [0.1, 0.15) is 30.8 Å². The summed E-state index contributed by atoms with van der Waals surface area (Å²) >= 11 is 0. The summed E-state index contributed by atoms with van der Waals surface area (Å²) in [6, 6.07) is 1.47. The molecule has 0 aliphatic carbocycles. The van der Waals surface area contributed by atoms with Crippen LogP contribution >= 0.6 is 0 Å². The minimum absolute atomic E-state index is 0.232. The molecule has 96 valence electrons. The molecule has 0 bridgehead atoms. The fourth-order valence-electron chi connectivity index (χ4n) is 1.78. The summed E-state index contributed by atoms with van der Waals surface area (Å²) in [5, 5.41) is 14.1. The van der Waals surface area contributed by atoms with E-state index in [4.69, 9.17) is 0 Å². The largest absolute Gasteiger partial charge is 0.388 e. The van der Waals surface area contributed by atoms with E-state index in [9.17, 15) is 9.50 Å². The number of aryl methyl sites for hydroxylation is 1. The third kappa shape index (κ3) is 2.70. The van der Waals surface area contributed by atoms with Gasteiger partial charge >= 0.3 is 0 Å². The maximum absolute atomic E-state index is 13.5. The topological polar surface area (TPSA) is 63.8 Å². The van der Waals surface area contributed by atoms with Gasteiger partial charge in [0.2, 0.25) is 0 Å². The van der Waals surface area contributed by atoms with Crippen LogP contribution in [0.3, 0.4) is 0 Å². The molecule has 0 saturated heterocycles.